The van der Waals surface area contributed by atoms with Gasteiger partial charge in [-0.1, -0.05) is 12.7 Å². The van der Waals surface area contributed by atoms with E-state index in [1.807, 2.05) is 26.1 Å². The highest BCUT2D eigenvalue weighted by Gasteiger charge is 1.71. The van der Waals surface area contributed by atoms with E-state index in [9.17, 15) is 0 Å². The summed E-state index contributed by atoms with van der Waals surface area (Å²) in [6.45, 7) is 5.63. The summed E-state index contributed by atoms with van der Waals surface area (Å²) in [4.78, 5) is 0. The average Bonchev–Trinajstić information content (AvgIpc) is 1.68. The summed E-state index contributed by atoms with van der Waals surface area (Å²) in [6.07, 6.45) is 3.86. The molecule has 0 spiro atoms. The molecule has 0 aromatic heterocycles. The Labute approximate surface area is 50.9 Å². The van der Waals surface area contributed by atoms with E-state index in [2.05, 4.69) is 11.9 Å². The van der Waals surface area contributed by atoms with Crippen LogP contribution in [0.5, 0.6) is 0 Å². The molecule has 0 radical (unpaired) electrons. The van der Waals surface area contributed by atoms with Crippen molar-refractivity contribution >= 4 is 0 Å². The molecule has 8 heavy (non-hydrogen) atoms. The van der Waals surface area contributed by atoms with Crippen LogP contribution in [0.15, 0.2) is 24.4 Å². The molecule has 0 saturated heterocycles. The number of hydrogen-bond acceptors (Lipinski definition) is 2. The minimum Gasteiger partial charge on any atom is -0.389 e. The van der Waals surface area contributed by atoms with Crippen molar-refractivity contribution in [2.24, 2.45) is 0 Å². The zero-order valence-electron chi connectivity index (χ0n) is 5.57. The molecule has 0 aliphatic rings. The third-order valence-electron chi connectivity index (χ3n) is 0.689. The van der Waals surface area contributed by atoms with Crippen LogP contribution in [0, 0.1) is 0 Å². The lowest BCUT2D eigenvalue weighted by Crippen LogP contribution is -1.99. The van der Waals surface area contributed by atoms with Gasteiger partial charge in [0, 0.05) is 12.7 Å². The summed E-state index contributed by atoms with van der Waals surface area (Å²) in [5.74, 6) is 0. The largest absolute Gasteiger partial charge is 0.389 e. The van der Waals surface area contributed by atoms with Crippen molar-refractivity contribution in [2.75, 3.05) is 7.05 Å². The van der Waals surface area contributed by atoms with Crippen molar-refractivity contribution in [3.8, 4) is 0 Å². The van der Waals surface area contributed by atoms with Gasteiger partial charge in [-0.15, -0.1) is 0 Å². The van der Waals surface area contributed by atoms with Gasteiger partial charge in [0.1, 0.15) is 0 Å². The SMILES string of the molecule is C=C(/C=C\C)NC.N. The summed E-state index contributed by atoms with van der Waals surface area (Å²) in [6, 6.07) is 0. The second-order valence-electron chi connectivity index (χ2n) is 1.28. The van der Waals surface area contributed by atoms with Crippen molar-refractivity contribution in [2.45, 2.75) is 6.92 Å². The Balaban J connectivity index is 0. The number of likely N-dealkylation sites (N-methyl/N-ethyl adjacent to an activating group) is 1. The molecule has 0 aliphatic heterocycles. The molecule has 0 bridgehead atoms. The first-order valence-corrected chi connectivity index (χ1v) is 2.30. The van der Waals surface area contributed by atoms with Crippen LogP contribution in [0.1, 0.15) is 6.92 Å². The van der Waals surface area contributed by atoms with Gasteiger partial charge in [0.15, 0.2) is 0 Å². The van der Waals surface area contributed by atoms with Crippen LogP contribution in [0.25, 0.3) is 0 Å². The van der Waals surface area contributed by atoms with Crippen molar-refractivity contribution in [1.82, 2.24) is 11.5 Å². The van der Waals surface area contributed by atoms with Crippen molar-refractivity contribution in [3.63, 3.8) is 0 Å². The van der Waals surface area contributed by atoms with Gasteiger partial charge in [-0.2, -0.15) is 0 Å². The molecular formula is C6H14N2. The highest BCUT2D eigenvalue weighted by atomic mass is 14.8. The molecule has 4 N–H and O–H groups in total. The zero-order chi connectivity index (χ0) is 5.70. The molecule has 0 aromatic carbocycles. The van der Waals surface area contributed by atoms with Crippen molar-refractivity contribution in [1.29, 1.82) is 0 Å². The standard InChI is InChI=1S/C6H11N.H3N/c1-4-5-6(2)7-3;/h4-5,7H,2H2,1,3H3;1H3/b5-4-;. The normalized spacial score (nSPS) is 8.25. The number of nitrogens with one attached hydrogen (secondary N) is 1. The van der Waals surface area contributed by atoms with Crippen LogP contribution < -0.4 is 11.5 Å². The van der Waals surface area contributed by atoms with Gasteiger partial charge in [0.25, 0.3) is 0 Å². The Morgan fingerprint density at radius 2 is 2.12 bits per heavy atom. The summed E-state index contributed by atoms with van der Waals surface area (Å²) >= 11 is 0. The molecule has 0 heterocycles. The monoisotopic (exact) mass is 114 g/mol. The smallest absolute Gasteiger partial charge is 0.0261 e. The summed E-state index contributed by atoms with van der Waals surface area (Å²) < 4.78 is 0. The molecule has 2 nitrogen and oxygen atoms in total. The van der Waals surface area contributed by atoms with E-state index in [4.69, 9.17) is 0 Å². The Bertz CT molecular complexity index is 84.5. The molecule has 0 aromatic rings. The van der Waals surface area contributed by atoms with Gasteiger partial charge in [-0.3, -0.25) is 0 Å². The predicted molar refractivity (Wildman–Crippen MR) is 38.0 cm³/mol. The molecule has 2 heteroatoms. The Morgan fingerprint density at radius 1 is 1.62 bits per heavy atom. The van der Waals surface area contributed by atoms with Gasteiger partial charge in [-0.05, 0) is 13.0 Å². The van der Waals surface area contributed by atoms with Crippen molar-refractivity contribution < 1.29 is 0 Å². The molecule has 0 atom stereocenters. The van der Waals surface area contributed by atoms with E-state index in [1.165, 1.54) is 0 Å². The first kappa shape index (κ1) is 10.3. The molecule has 0 amide bonds. The maximum atomic E-state index is 3.66. The fourth-order valence-corrected chi connectivity index (χ4v) is 0.285. The van der Waals surface area contributed by atoms with Gasteiger partial charge < -0.3 is 11.5 Å². The lowest BCUT2D eigenvalue weighted by Gasteiger charge is -1.91. The van der Waals surface area contributed by atoms with E-state index in [-0.39, 0.29) is 6.15 Å². The molecule has 48 valence electrons. The number of allylic oxidation sites excluding steroid dienone is 2. The Hall–Kier alpha value is -0.760. The first-order chi connectivity index (χ1) is 3.31. The fourth-order valence-electron chi connectivity index (χ4n) is 0.285. The summed E-state index contributed by atoms with van der Waals surface area (Å²) in [5, 5.41) is 2.88. The Kier molecular flexibility index (Phi) is 8.01. The fraction of sp³-hybridized carbons (Fsp3) is 0.333. The maximum absolute atomic E-state index is 3.66. The minimum absolute atomic E-state index is 0. The quantitative estimate of drug-likeness (QED) is 0.534. The van der Waals surface area contributed by atoms with Crippen molar-refractivity contribution in [3.05, 3.63) is 24.4 Å². The van der Waals surface area contributed by atoms with Gasteiger partial charge in [0.05, 0.1) is 0 Å². The first-order valence-electron chi connectivity index (χ1n) is 2.30. The zero-order valence-corrected chi connectivity index (χ0v) is 5.57. The highest BCUT2D eigenvalue weighted by Crippen LogP contribution is 1.81. The van der Waals surface area contributed by atoms with E-state index < -0.39 is 0 Å². The van der Waals surface area contributed by atoms with Crippen LogP contribution in [-0.4, -0.2) is 7.05 Å². The minimum atomic E-state index is 0. The predicted octanol–water partition coefficient (Wildman–Crippen LogP) is 1.46. The molecule has 0 saturated carbocycles. The van der Waals surface area contributed by atoms with Gasteiger partial charge in [0.2, 0.25) is 0 Å². The number of hydrogen-bond donors (Lipinski definition) is 2. The molecule has 0 unspecified atom stereocenters. The van der Waals surface area contributed by atoms with Gasteiger partial charge >= 0.3 is 0 Å². The van der Waals surface area contributed by atoms with E-state index in [0.717, 1.165) is 5.70 Å². The molecular weight excluding hydrogens is 100 g/mol. The topological polar surface area (TPSA) is 47.0 Å². The second kappa shape index (κ2) is 6.24. The number of rotatable bonds is 2. The van der Waals surface area contributed by atoms with Crippen LogP contribution in [0.2, 0.25) is 0 Å². The average molecular weight is 114 g/mol. The lowest BCUT2D eigenvalue weighted by molar-refractivity contribution is 1.04. The third-order valence-corrected chi connectivity index (χ3v) is 0.689. The second-order valence-corrected chi connectivity index (χ2v) is 1.28. The van der Waals surface area contributed by atoms with Crippen LogP contribution >= 0.6 is 0 Å². The van der Waals surface area contributed by atoms with Crippen LogP contribution in [-0.2, 0) is 0 Å². The van der Waals surface area contributed by atoms with Crippen LogP contribution in [0.3, 0.4) is 0 Å². The lowest BCUT2D eigenvalue weighted by atomic mass is 10.4. The van der Waals surface area contributed by atoms with Gasteiger partial charge in [-0.25, -0.2) is 0 Å². The highest BCUT2D eigenvalue weighted by molar-refractivity contribution is 5.09. The van der Waals surface area contributed by atoms with E-state index in [1.54, 1.807) is 0 Å². The summed E-state index contributed by atoms with van der Waals surface area (Å²) in [7, 11) is 1.85. The molecule has 0 fully saturated rings. The molecule has 0 aliphatic carbocycles. The Morgan fingerprint density at radius 3 is 2.25 bits per heavy atom. The molecule has 0 rings (SSSR count). The third kappa shape index (κ3) is 5.24. The van der Waals surface area contributed by atoms with E-state index in [0.29, 0.717) is 0 Å². The summed E-state index contributed by atoms with van der Waals surface area (Å²) in [5.41, 5.74) is 0.947. The van der Waals surface area contributed by atoms with Crippen LogP contribution in [0.4, 0.5) is 0 Å². The maximum Gasteiger partial charge on any atom is 0.0261 e. The van der Waals surface area contributed by atoms with E-state index >= 15 is 0 Å².